The topological polar surface area (TPSA) is 104 Å². The molecule has 4 rings (SSSR count). The molecule has 1 aliphatic carbocycles. The van der Waals surface area contributed by atoms with Crippen molar-refractivity contribution in [2.24, 2.45) is 5.92 Å². The van der Waals surface area contributed by atoms with E-state index in [1.807, 2.05) is 0 Å². The Labute approximate surface area is 167 Å². The summed E-state index contributed by atoms with van der Waals surface area (Å²) in [4.78, 5) is 0.135. The first-order chi connectivity index (χ1) is 13.2. The fourth-order valence-corrected chi connectivity index (χ4v) is 8.14. The third kappa shape index (κ3) is 3.63. The van der Waals surface area contributed by atoms with Gasteiger partial charge in [-0.15, -0.1) is 0 Å². The van der Waals surface area contributed by atoms with E-state index in [0.717, 1.165) is 25.7 Å². The number of fused-ring (bicyclic) bond motifs is 1. The van der Waals surface area contributed by atoms with Crippen molar-refractivity contribution in [3.8, 4) is 0 Å². The van der Waals surface area contributed by atoms with Crippen LogP contribution in [0.15, 0.2) is 21.9 Å². The largest absolute Gasteiger partial charge is 0.393 e. The number of rotatable bonds is 3. The Morgan fingerprint density at radius 2 is 1.75 bits per heavy atom. The number of hydrogen-bond acceptors (Lipinski definition) is 5. The molecule has 2 heterocycles. The molecule has 0 amide bonds. The van der Waals surface area contributed by atoms with Crippen LogP contribution in [0.4, 0.5) is 0 Å². The van der Waals surface area contributed by atoms with Crippen molar-refractivity contribution in [2.45, 2.75) is 73.8 Å². The molecule has 0 spiro atoms. The monoisotopic (exact) mass is 428 g/mol. The van der Waals surface area contributed by atoms with Crippen LogP contribution in [-0.4, -0.2) is 51.5 Å². The Hall–Kier alpha value is -1.00. The second-order valence-electron chi connectivity index (χ2n) is 8.34. The highest BCUT2D eigenvalue weighted by Crippen LogP contribution is 2.36. The van der Waals surface area contributed by atoms with Gasteiger partial charge in [0.25, 0.3) is 0 Å². The second kappa shape index (κ2) is 7.36. The summed E-state index contributed by atoms with van der Waals surface area (Å²) in [6.07, 6.45) is 5.26. The van der Waals surface area contributed by atoms with Crippen LogP contribution in [0.1, 0.15) is 49.7 Å². The van der Waals surface area contributed by atoms with Gasteiger partial charge in [0.1, 0.15) is 0 Å². The molecule has 1 unspecified atom stereocenters. The third-order valence-electron chi connectivity index (χ3n) is 6.40. The summed E-state index contributed by atoms with van der Waals surface area (Å²) in [7, 11) is -7.54. The fourth-order valence-electron chi connectivity index (χ4n) is 4.80. The van der Waals surface area contributed by atoms with Gasteiger partial charge in [-0.3, -0.25) is 0 Å². The number of piperidine rings is 1. The van der Waals surface area contributed by atoms with Crippen LogP contribution in [-0.2, 0) is 26.5 Å². The van der Waals surface area contributed by atoms with Crippen LogP contribution < -0.4 is 4.72 Å². The number of nitrogens with zero attached hydrogens (tertiary/aromatic N) is 1. The van der Waals surface area contributed by atoms with Gasteiger partial charge in [0.15, 0.2) is 0 Å². The number of sulfonamides is 2. The minimum absolute atomic E-state index is 0.0485. The average Bonchev–Trinajstić information content (AvgIpc) is 3.15. The van der Waals surface area contributed by atoms with Crippen molar-refractivity contribution in [3.63, 3.8) is 0 Å². The van der Waals surface area contributed by atoms with E-state index in [1.165, 1.54) is 10.4 Å². The van der Waals surface area contributed by atoms with Gasteiger partial charge >= 0.3 is 0 Å². The van der Waals surface area contributed by atoms with E-state index < -0.39 is 26.2 Å². The minimum atomic E-state index is -3.80. The summed E-state index contributed by atoms with van der Waals surface area (Å²) in [6.45, 7) is 2.22. The maximum absolute atomic E-state index is 13.1. The molecule has 156 valence electrons. The predicted octanol–water partition coefficient (Wildman–Crippen LogP) is 1.53. The quantitative estimate of drug-likeness (QED) is 0.760. The molecule has 2 aliphatic heterocycles. The van der Waals surface area contributed by atoms with Crippen molar-refractivity contribution < 1.29 is 21.9 Å². The fraction of sp³-hybridized carbons (Fsp3) is 0.684. The molecule has 0 bridgehead atoms. The lowest BCUT2D eigenvalue weighted by Gasteiger charge is -2.32. The van der Waals surface area contributed by atoms with E-state index in [4.69, 9.17) is 0 Å². The summed E-state index contributed by atoms with van der Waals surface area (Å²) in [5, 5.41) is 9.65. The standard InChI is InChI=1S/C19H28N2O5S2/c1-13-10-15-11-17(14-4-2-3-5-14)20-27(23,24)19(15)12-18(13)28(25,26)21-8-6-16(22)7-9-21/h10,12,14,16-17,20,22H,2-9,11H2,1H3. The first-order valence-corrected chi connectivity index (χ1v) is 12.9. The zero-order chi connectivity index (χ0) is 20.1. The summed E-state index contributed by atoms with van der Waals surface area (Å²) in [5.41, 5.74) is 1.29. The molecule has 2 fully saturated rings. The van der Waals surface area contributed by atoms with Crippen LogP contribution in [0.3, 0.4) is 0 Å². The Kier molecular flexibility index (Phi) is 5.33. The van der Waals surface area contributed by atoms with Crippen LogP contribution in [0.5, 0.6) is 0 Å². The van der Waals surface area contributed by atoms with E-state index in [-0.39, 0.29) is 28.9 Å². The number of hydrogen-bond donors (Lipinski definition) is 2. The molecule has 3 aliphatic rings. The van der Waals surface area contributed by atoms with Crippen molar-refractivity contribution in [1.82, 2.24) is 9.03 Å². The van der Waals surface area contributed by atoms with E-state index in [0.29, 0.717) is 36.3 Å². The molecule has 1 aromatic carbocycles. The summed E-state index contributed by atoms with van der Waals surface area (Å²) in [5.74, 6) is 0.353. The van der Waals surface area contributed by atoms with Gasteiger partial charge in [0, 0.05) is 19.1 Å². The molecular weight excluding hydrogens is 400 g/mol. The third-order valence-corrected chi connectivity index (χ3v) is 10.0. The Bertz CT molecular complexity index is 960. The van der Waals surface area contributed by atoms with Crippen molar-refractivity contribution in [2.75, 3.05) is 13.1 Å². The number of benzene rings is 1. The molecule has 1 atom stereocenters. The van der Waals surface area contributed by atoms with Crippen LogP contribution in [0.2, 0.25) is 0 Å². The van der Waals surface area contributed by atoms with E-state index >= 15 is 0 Å². The molecule has 0 aromatic heterocycles. The zero-order valence-electron chi connectivity index (χ0n) is 16.1. The van der Waals surface area contributed by atoms with Crippen molar-refractivity contribution in [3.05, 3.63) is 23.3 Å². The normalized spacial score (nSPS) is 27.0. The zero-order valence-corrected chi connectivity index (χ0v) is 17.7. The highest BCUT2D eigenvalue weighted by atomic mass is 32.2. The first kappa shape index (κ1) is 20.3. The first-order valence-electron chi connectivity index (χ1n) is 10.0. The number of nitrogens with one attached hydrogen (secondary N) is 1. The van der Waals surface area contributed by atoms with Crippen LogP contribution in [0.25, 0.3) is 0 Å². The van der Waals surface area contributed by atoms with Gasteiger partial charge in [0.2, 0.25) is 20.0 Å². The van der Waals surface area contributed by atoms with E-state index in [1.54, 1.807) is 13.0 Å². The molecule has 2 N–H and O–H groups in total. The summed E-state index contributed by atoms with van der Waals surface area (Å²) >= 11 is 0. The van der Waals surface area contributed by atoms with Crippen LogP contribution >= 0.6 is 0 Å². The highest BCUT2D eigenvalue weighted by Gasteiger charge is 2.37. The summed E-state index contributed by atoms with van der Waals surface area (Å²) in [6, 6.07) is 2.96. The molecule has 7 nitrogen and oxygen atoms in total. The minimum Gasteiger partial charge on any atom is -0.393 e. The van der Waals surface area contributed by atoms with Crippen LogP contribution in [0, 0.1) is 12.8 Å². The average molecular weight is 429 g/mol. The molecule has 1 saturated heterocycles. The van der Waals surface area contributed by atoms with Gasteiger partial charge in [0.05, 0.1) is 15.9 Å². The molecule has 28 heavy (non-hydrogen) atoms. The lowest BCUT2D eigenvalue weighted by Crippen LogP contribution is -2.45. The van der Waals surface area contributed by atoms with Gasteiger partial charge < -0.3 is 5.11 Å². The Morgan fingerprint density at radius 3 is 2.39 bits per heavy atom. The van der Waals surface area contributed by atoms with Crippen molar-refractivity contribution in [1.29, 1.82) is 0 Å². The highest BCUT2D eigenvalue weighted by molar-refractivity contribution is 7.90. The lowest BCUT2D eigenvalue weighted by molar-refractivity contribution is 0.113. The predicted molar refractivity (Wildman–Crippen MR) is 105 cm³/mol. The Balaban J connectivity index is 1.69. The molecule has 0 radical (unpaired) electrons. The molecular formula is C19H28N2O5S2. The smallest absolute Gasteiger partial charge is 0.243 e. The van der Waals surface area contributed by atoms with E-state index in [9.17, 15) is 21.9 Å². The summed E-state index contributed by atoms with van der Waals surface area (Å²) < 4.78 is 56.2. The number of aliphatic hydroxyl groups is 1. The van der Waals surface area contributed by atoms with Gasteiger partial charge in [-0.1, -0.05) is 18.9 Å². The van der Waals surface area contributed by atoms with Gasteiger partial charge in [-0.2, -0.15) is 4.31 Å². The second-order valence-corrected chi connectivity index (χ2v) is 11.9. The van der Waals surface area contributed by atoms with Crippen molar-refractivity contribution >= 4 is 20.0 Å². The SMILES string of the molecule is Cc1cc2c(cc1S(=O)(=O)N1CCC(O)CC1)S(=O)(=O)NC(C1CCCC1)C2. The maximum Gasteiger partial charge on any atom is 0.243 e. The molecule has 1 aromatic rings. The maximum atomic E-state index is 13.1. The molecule has 1 saturated carbocycles. The number of aliphatic hydroxyl groups excluding tert-OH is 1. The van der Waals surface area contributed by atoms with Gasteiger partial charge in [-0.25, -0.2) is 21.6 Å². The molecule has 9 heteroatoms. The van der Waals surface area contributed by atoms with Gasteiger partial charge in [-0.05, 0) is 62.1 Å². The lowest BCUT2D eigenvalue weighted by atomic mass is 9.92. The number of aryl methyl sites for hydroxylation is 1. The van der Waals surface area contributed by atoms with E-state index in [2.05, 4.69) is 4.72 Å². The Morgan fingerprint density at radius 1 is 1.11 bits per heavy atom.